The molecule has 1 atom stereocenters. The molecule has 0 saturated heterocycles. The standard InChI is InChI=1S/C14H23N5/c1-5-11(3)9-18(6-2)14-13-16-7-8-19(13)10-12(15-4)17-14/h7-8,10-11,15H,5-6,9H2,1-4H3. The molecule has 2 aromatic heterocycles. The summed E-state index contributed by atoms with van der Waals surface area (Å²) in [5.74, 6) is 2.47. The Bertz CT molecular complexity index is 534. The van der Waals surface area contributed by atoms with Crippen molar-refractivity contribution < 1.29 is 0 Å². The van der Waals surface area contributed by atoms with E-state index < -0.39 is 0 Å². The van der Waals surface area contributed by atoms with E-state index in [-0.39, 0.29) is 0 Å². The molecule has 0 spiro atoms. The maximum atomic E-state index is 4.68. The topological polar surface area (TPSA) is 45.5 Å². The Morgan fingerprint density at radius 3 is 2.84 bits per heavy atom. The van der Waals surface area contributed by atoms with Gasteiger partial charge in [0.15, 0.2) is 11.5 Å². The van der Waals surface area contributed by atoms with Crippen molar-refractivity contribution in [2.45, 2.75) is 27.2 Å². The Hall–Kier alpha value is -1.78. The van der Waals surface area contributed by atoms with Crippen LogP contribution in [-0.2, 0) is 0 Å². The minimum Gasteiger partial charge on any atom is -0.372 e. The van der Waals surface area contributed by atoms with Crippen molar-refractivity contribution >= 4 is 17.3 Å². The van der Waals surface area contributed by atoms with Crippen LogP contribution < -0.4 is 10.2 Å². The quantitative estimate of drug-likeness (QED) is 0.868. The fourth-order valence-corrected chi connectivity index (χ4v) is 2.12. The third-order valence-electron chi connectivity index (χ3n) is 3.52. The first-order chi connectivity index (χ1) is 9.19. The lowest BCUT2D eigenvalue weighted by Crippen LogP contribution is -2.29. The number of aromatic nitrogens is 3. The summed E-state index contributed by atoms with van der Waals surface area (Å²) in [5.41, 5.74) is 0.921. The summed E-state index contributed by atoms with van der Waals surface area (Å²) in [4.78, 5) is 11.4. The second kappa shape index (κ2) is 5.91. The molecule has 1 N–H and O–H groups in total. The van der Waals surface area contributed by atoms with E-state index in [9.17, 15) is 0 Å². The summed E-state index contributed by atoms with van der Waals surface area (Å²) in [6, 6.07) is 0. The molecular formula is C14H23N5. The number of nitrogens with one attached hydrogen (secondary N) is 1. The molecule has 0 aliphatic rings. The molecule has 2 heterocycles. The number of hydrogen-bond acceptors (Lipinski definition) is 4. The lowest BCUT2D eigenvalue weighted by molar-refractivity contribution is 0.546. The van der Waals surface area contributed by atoms with Crippen molar-refractivity contribution in [3.63, 3.8) is 0 Å². The van der Waals surface area contributed by atoms with Gasteiger partial charge in [0.2, 0.25) is 0 Å². The van der Waals surface area contributed by atoms with E-state index in [0.29, 0.717) is 5.92 Å². The Balaban J connectivity index is 2.42. The van der Waals surface area contributed by atoms with Gasteiger partial charge in [-0.25, -0.2) is 9.97 Å². The molecular weight excluding hydrogens is 238 g/mol. The summed E-state index contributed by atoms with van der Waals surface area (Å²) < 4.78 is 2.02. The van der Waals surface area contributed by atoms with Gasteiger partial charge >= 0.3 is 0 Å². The first-order valence-corrected chi connectivity index (χ1v) is 6.96. The van der Waals surface area contributed by atoms with Crippen LogP contribution in [0.25, 0.3) is 5.65 Å². The van der Waals surface area contributed by atoms with Gasteiger partial charge in [0.1, 0.15) is 5.82 Å². The molecule has 5 heteroatoms. The molecule has 0 aliphatic heterocycles. The summed E-state index contributed by atoms with van der Waals surface area (Å²) in [5, 5.41) is 3.11. The fraction of sp³-hybridized carbons (Fsp3) is 0.571. The van der Waals surface area contributed by atoms with Crippen molar-refractivity contribution in [2.75, 3.05) is 30.4 Å². The second-order valence-electron chi connectivity index (χ2n) is 4.91. The van der Waals surface area contributed by atoms with Crippen molar-refractivity contribution in [3.8, 4) is 0 Å². The van der Waals surface area contributed by atoms with E-state index in [1.807, 2.05) is 30.0 Å². The van der Waals surface area contributed by atoms with Crippen LogP contribution in [0.2, 0.25) is 0 Å². The predicted molar refractivity (Wildman–Crippen MR) is 79.9 cm³/mol. The van der Waals surface area contributed by atoms with Crippen LogP contribution in [0, 0.1) is 5.92 Å². The molecule has 0 aliphatic carbocycles. The molecule has 2 aromatic rings. The van der Waals surface area contributed by atoms with E-state index in [0.717, 1.165) is 30.4 Å². The highest BCUT2D eigenvalue weighted by molar-refractivity contribution is 5.66. The highest BCUT2D eigenvalue weighted by atomic mass is 15.2. The second-order valence-corrected chi connectivity index (χ2v) is 4.91. The zero-order valence-electron chi connectivity index (χ0n) is 12.2. The number of fused-ring (bicyclic) bond motifs is 1. The molecule has 5 nitrogen and oxygen atoms in total. The van der Waals surface area contributed by atoms with Gasteiger partial charge in [-0.2, -0.15) is 0 Å². The molecule has 104 valence electrons. The molecule has 0 bridgehead atoms. The molecule has 2 rings (SSSR count). The Morgan fingerprint density at radius 2 is 2.21 bits per heavy atom. The van der Waals surface area contributed by atoms with Gasteiger partial charge in [-0.1, -0.05) is 20.3 Å². The van der Waals surface area contributed by atoms with Crippen LogP contribution in [-0.4, -0.2) is 34.5 Å². The fourth-order valence-electron chi connectivity index (χ4n) is 2.12. The number of imidazole rings is 1. The molecule has 0 saturated carbocycles. The summed E-state index contributed by atoms with van der Waals surface area (Å²) in [7, 11) is 1.89. The first kappa shape index (κ1) is 13.6. The zero-order valence-corrected chi connectivity index (χ0v) is 12.2. The summed E-state index contributed by atoms with van der Waals surface area (Å²) >= 11 is 0. The highest BCUT2D eigenvalue weighted by Gasteiger charge is 2.15. The largest absolute Gasteiger partial charge is 0.372 e. The van der Waals surface area contributed by atoms with E-state index in [2.05, 4.69) is 41.0 Å². The van der Waals surface area contributed by atoms with Crippen LogP contribution in [0.4, 0.5) is 11.6 Å². The lowest BCUT2D eigenvalue weighted by atomic mass is 10.1. The van der Waals surface area contributed by atoms with Crippen LogP contribution in [0.15, 0.2) is 18.6 Å². The normalized spacial score (nSPS) is 12.6. The zero-order chi connectivity index (χ0) is 13.8. The van der Waals surface area contributed by atoms with Gasteiger partial charge in [0.05, 0.1) is 6.20 Å². The number of rotatable bonds is 6. The average Bonchev–Trinajstić information content (AvgIpc) is 2.91. The summed E-state index contributed by atoms with van der Waals surface area (Å²) in [6.07, 6.45) is 6.91. The number of hydrogen-bond donors (Lipinski definition) is 1. The molecule has 0 radical (unpaired) electrons. The van der Waals surface area contributed by atoms with Gasteiger partial charge in [-0.05, 0) is 12.8 Å². The van der Waals surface area contributed by atoms with E-state index in [4.69, 9.17) is 0 Å². The van der Waals surface area contributed by atoms with Gasteiger partial charge in [0, 0.05) is 32.5 Å². The molecule has 19 heavy (non-hydrogen) atoms. The van der Waals surface area contributed by atoms with Crippen molar-refractivity contribution in [1.29, 1.82) is 0 Å². The number of anilines is 2. The third-order valence-corrected chi connectivity index (χ3v) is 3.52. The van der Waals surface area contributed by atoms with Crippen LogP contribution >= 0.6 is 0 Å². The average molecular weight is 261 g/mol. The molecule has 0 amide bonds. The first-order valence-electron chi connectivity index (χ1n) is 6.96. The minimum absolute atomic E-state index is 0.648. The van der Waals surface area contributed by atoms with E-state index >= 15 is 0 Å². The Morgan fingerprint density at radius 1 is 1.42 bits per heavy atom. The SMILES string of the molecule is CCC(C)CN(CC)c1nc(NC)cn2ccnc12. The van der Waals surface area contributed by atoms with E-state index in [1.165, 1.54) is 6.42 Å². The Labute approximate surface area is 114 Å². The van der Waals surface area contributed by atoms with Crippen LogP contribution in [0.3, 0.4) is 0 Å². The number of nitrogens with zero attached hydrogens (tertiary/aromatic N) is 4. The third kappa shape index (κ3) is 2.80. The minimum atomic E-state index is 0.648. The molecule has 0 aromatic carbocycles. The summed E-state index contributed by atoms with van der Waals surface area (Å²) in [6.45, 7) is 8.60. The van der Waals surface area contributed by atoms with E-state index in [1.54, 1.807) is 0 Å². The monoisotopic (exact) mass is 261 g/mol. The van der Waals surface area contributed by atoms with Crippen molar-refractivity contribution in [3.05, 3.63) is 18.6 Å². The molecule has 0 fully saturated rings. The highest BCUT2D eigenvalue weighted by Crippen LogP contribution is 2.21. The molecule has 1 unspecified atom stereocenters. The van der Waals surface area contributed by atoms with Crippen molar-refractivity contribution in [2.24, 2.45) is 5.92 Å². The van der Waals surface area contributed by atoms with Gasteiger partial charge < -0.3 is 14.6 Å². The maximum absolute atomic E-state index is 4.68. The van der Waals surface area contributed by atoms with Gasteiger partial charge in [0.25, 0.3) is 0 Å². The van der Waals surface area contributed by atoms with Crippen LogP contribution in [0.1, 0.15) is 27.2 Å². The van der Waals surface area contributed by atoms with Gasteiger partial charge in [-0.15, -0.1) is 0 Å². The Kier molecular flexibility index (Phi) is 4.24. The lowest BCUT2D eigenvalue weighted by Gasteiger charge is -2.25. The van der Waals surface area contributed by atoms with Crippen LogP contribution in [0.5, 0.6) is 0 Å². The smallest absolute Gasteiger partial charge is 0.180 e. The van der Waals surface area contributed by atoms with Crippen molar-refractivity contribution in [1.82, 2.24) is 14.4 Å². The van der Waals surface area contributed by atoms with Gasteiger partial charge in [-0.3, -0.25) is 0 Å². The maximum Gasteiger partial charge on any atom is 0.180 e. The predicted octanol–water partition coefficient (Wildman–Crippen LogP) is 2.64.